The number of likely N-dealkylation sites (N-methyl/N-ethyl adjacent to an activating group) is 1. The van der Waals surface area contributed by atoms with Crippen molar-refractivity contribution in [1.82, 2.24) is 24.7 Å². The van der Waals surface area contributed by atoms with E-state index in [9.17, 15) is 4.79 Å². The third-order valence-electron chi connectivity index (χ3n) is 3.91. The average Bonchev–Trinajstić information content (AvgIpc) is 3.16. The fourth-order valence-corrected chi connectivity index (χ4v) is 3.43. The second kappa shape index (κ2) is 6.35. The van der Waals surface area contributed by atoms with Crippen LogP contribution in [0.3, 0.4) is 0 Å². The summed E-state index contributed by atoms with van der Waals surface area (Å²) in [5.41, 5.74) is 0.694. The van der Waals surface area contributed by atoms with Gasteiger partial charge in [0, 0.05) is 32.4 Å². The van der Waals surface area contributed by atoms with E-state index in [1.165, 1.54) is 0 Å². The van der Waals surface area contributed by atoms with Crippen molar-refractivity contribution in [3.8, 4) is 0 Å². The summed E-state index contributed by atoms with van der Waals surface area (Å²) in [5, 5.41) is 12.0. The van der Waals surface area contributed by atoms with Crippen LogP contribution in [0.15, 0.2) is 18.3 Å². The average molecular weight is 318 g/mol. The zero-order valence-corrected chi connectivity index (χ0v) is 13.5. The van der Waals surface area contributed by atoms with Gasteiger partial charge in [0.1, 0.15) is 4.88 Å². The Hall–Kier alpha value is -2.09. The van der Waals surface area contributed by atoms with E-state index >= 15 is 0 Å². The molecular formula is C14H18N6OS. The van der Waals surface area contributed by atoms with Gasteiger partial charge < -0.3 is 9.80 Å². The van der Waals surface area contributed by atoms with Crippen molar-refractivity contribution >= 4 is 23.3 Å². The molecule has 8 heteroatoms. The molecule has 0 aromatic carbocycles. The molecule has 0 bridgehead atoms. The number of aromatic nitrogens is 4. The van der Waals surface area contributed by atoms with Crippen LogP contribution < -0.4 is 4.90 Å². The van der Waals surface area contributed by atoms with Crippen LogP contribution in [-0.2, 0) is 0 Å². The number of hydrogen-bond donors (Lipinski definition) is 0. The largest absolute Gasteiger partial charge is 0.350 e. The summed E-state index contributed by atoms with van der Waals surface area (Å²) < 4.78 is 3.84. The van der Waals surface area contributed by atoms with Gasteiger partial charge in [0.15, 0.2) is 5.82 Å². The molecule has 0 spiro atoms. The molecule has 22 heavy (non-hydrogen) atoms. The van der Waals surface area contributed by atoms with Crippen LogP contribution >= 0.6 is 11.5 Å². The summed E-state index contributed by atoms with van der Waals surface area (Å²) in [6.07, 6.45) is 3.82. The fraction of sp³-hybridized carbons (Fsp3) is 0.500. The van der Waals surface area contributed by atoms with Crippen LogP contribution in [0.4, 0.5) is 5.82 Å². The molecule has 1 saturated heterocycles. The third-order valence-corrected chi connectivity index (χ3v) is 4.72. The molecule has 1 amide bonds. The van der Waals surface area contributed by atoms with Crippen LogP contribution in [0.5, 0.6) is 0 Å². The maximum absolute atomic E-state index is 12.5. The molecule has 0 unspecified atom stereocenters. The SMILES string of the molecule is Cc1nnsc1C(=O)N(C)C[C@@H]1CCCN1c1cccnn1. The summed E-state index contributed by atoms with van der Waals surface area (Å²) in [6.45, 7) is 3.42. The number of nitrogens with zero attached hydrogens (tertiary/aromatic N) is 6. The first-order valence-electron chi connectivity index (χ1n) is 7.25. The molecule has 0 saturated carbocycles. The molecule has 1 aliphatic rings. The Morgan fingerprint density at radius 3 is 3.05 bits per heavy atom. The Bertz CT molecular complexity index is 646. The molecule has 1 atom stereocenters. The third kappa shape index (κ3) is 2.92. The number of amides is 1. The van der Waals surface area contributed by atoms with Gasteiger partial charge in [-0.2, -0.15) is 5.10 Å². The maximum Gasteiger partial charge on any atom is 0.267 e. The Morgan fingerprint density at radius 1 is 1.50 bits per heavy atom. The van der Waals surface area contributed by atoms with Crippen molar-refractivity contribution in [2.45, 2.75) is 25.8 Å². The van der Waals surface area contributed by atoms with Gasteiger partial charge in [-0.3, -0.25) is 4.79 Å². The molecule has 1 aliphatic heterocycles. The summed E-state index contributed by atoms with van der Waals surface area (Å²) in [6, 6.07) is 4.12. The molecule has 3 rings (SSSR count). The maximum atomic E-state index is 12.5. The van der Waals surface area contributed by atoms with Crippen LogP contribution in [0.1, 0.15) is 28.2 Å². The van der Waals surface area contributed by atoms with Gasteiger partial charge in [0.2, 0.25) is 0 Å². The van der Waals surface area contributed by atoms with E-state index in [0.717, 1.165) is 36.7 Å². The van der Waals surface area contributed by atoms with Gasteiger partial charge in [0.25, 0.3) is 5.91 Å². The Kier molecular flexibility index (Phi) is 4.28. The topological polar surface area (TPSA) is 75.1 Å². The smallest absolute Gasteiger partial charge is 0.267 e. The van der Waals surface area contributed by atoms with Crippen molar-refractivity contribution in [2.75, 3.05) is 25.0 Å². The molecule has 2 aromatic rings. The standard InChI is InChI=1S/C14H18N6OS/c1-10-13(22-18-16-10)14(21)19(2)9-11-5-4-8-20(11)12-6-3-7-15-17-12/h3,6-7,11H,4-5,8-9H2,1-2H3/t11-/m0/s1. The highest BCUT2D eigenvalue weighted by Gasteiger charge is 2.29. The van der Waals surface area contributed by atoms with Crippen LogP contribution in [0.2, 0.25) is 0 Å². The van der Waals surface area contributed by atoms with E-state index in [-0.39, 0.29) is 11.9 Å². The Morgan fingerprint density at radius 2 is 2.36 bits per heavy atom. The minimum atomic E-state index is -0.0153. The van der Waals surface area contributed by atoms with E-state index in [1.54, 1.807) is 11.1 Å². The Balaban J connectivity index is 1.69. The lowest BCUT2D eigenvalue weighted by molar-refractivity contribution is 0.0791. The van der Waals surface area contributed by atoms with E-state index in [2.05, 4.69) is 24.7 Å². The number of carbonyl (C=O) groups excluding carboxylic acids is 1. The summed E-state index contributed by atoms with van der Waals surface area (Å²) in [5.74, 6) is 0.861. The molecule has 7 nitrogen and oxygen atoms in total. The fourth-order valence-electron chi connectivity index (χ4n) is 2.77. The molecular weight excluding hydrogens is 300 g/mol. The van der Waals surface area contributed by atoms with Crippen LogP contribution in [0, 0.1) is 6.92 Å². The van der Waals surface area contributed by atoms with E-state index < -0.39 is 0 Å². The van der Waals surface area contributed by atoms with Crippen molar-refractivity contribution in [1.29, 1.82) is 0 Å². The number of anilines is 1. The summed E-state index contributed by atoms with van der Waals surface area (Å²) in [4.78, 5) is 17.1. The van der Waals surface area contributed by atoms with Gasteiger partial charge in [-0.1, -0.05) is 4.49 Å². The van der Waals surface area contributed by atoms with Gasteiger partial charge in [-0.05, 0) is 43.4 Å². The molecule has 0 aliphatic carbocycles. The first-order valence-corrected chi connectivity index (χ1v) is 8.03. The van der Waals surface area contributed by atoms with Crippen molar-refractivity contribution < 1.29 is 4.79 Å². The lowest BCUT2D eigenvalue weighted by Crippen LogP contribution is -2.41. The van der Waals surface area contributed by atoms with Crippen molar-refractivity contribution in [3.05, 3.63) is 28.9 Å². The zero-order chi connectivity index (χ0) is 15.5. The molecule has 2 aromatic heterocycles. The van der Waals surface area contributed by atoms with Crippen LogP contribution in [-0.4, -0.2) is 56.8 Å². The monoisotopic (exact) mass is 318 g/mol. The summed E-state index contributed by atoms with van der Waals surface area (Å²) in [7, 11) is 1.83. The highest BCUT2D eigenvalue weighted by Crippen LogP contribution is 2.24. The molecule has 0 radical (unpaired) electrons. The normalized spacial score (nSPS) is 17.7. The minimum absolute atomic E-state index is 0.0153. The molecule has 1 fully saturated rings. The highest BCUT2D eigenvalue weighted by molar-refractivity contribution is 7.07. The number of hydrogen-bond acceptors (Lipinski definition) is 7. The molecule has 116 valence electrons. The zero-order valence-electron chi connectivity index (χ0n) is 12.6. The first-order chi connectivity index (χ1) is 10.7. The van der Waals surface area contributed by atoms with Crippen molar-refractivity contribution in [3.63, 3.8) is 0 Å². The highest BCUT2D eigenvalue weighted by atomic mass is 32.1. The quantitative estimate of drug-likeness (QED) is 0.848. The van der Waals surface area contributed by atoms with Gasteiger partial charge in [-0.15, -0.1) is 10.2 Å². The van der Waals surface area contributed by atoms with Gasteiger partial charge >= 0.3 is 0 Å². The lowest BCUT2D eigenvalue weighted by Gasteiger charge is -2.29. The molecule has 3 heterocycles. The lowest BCUT2D eigenvalue weighted by atomic mass is 10.2. The van der Waals surface area contributed by atoms with E-state index in [1.807, 2.05) is 26.1 Å². The first kappa shape index (κ1) is 14.8. The number of rotatable bonds is 4. The Labute approximate surface area is 133 Å². The van der Waals surface area contributed by atoms with Gasteiger partial charge in [0.05, 0.1) is 5.69 Å². The predicted molar refractivity (Wildman–Crippen MR) is 84.0 cm³/mol. The number of carbonyl (C=O) groups is 1. The minimum Gasteiger partial charge on any atom is -0.350 e. The van der Waals surface area contributed by atoms with E-state index in [0.29, 0.717) is 17.1 Å². The van der Waals surface area contributed by atoms with E-state index in [4.69, 9.17) is 0 Å². The van der Waals surface area contributed by atoms with Crippen molar-refractivity contribution in [2.24, 2.45) is 0 Å². The number of aryl methyl sites for hydroxylation is 1. The van der Waals surface area contributed by atoms with Gasteiger partial charge in [-0.25, -0.2) is 0 Å². The van der Waals surface area contributed by atoms with Crippen LogP contribution in [0.25, 0.3) is 0 Å². The second-order valence-electron chi connectivity index (χ2n) is 5.44. The predicted octanol–water partition coefficient (Wildman–Crippen LogP) is 1.38. The second-order valence-corrected chi connectivity index (χ2v) is 6.20. The molecule has 0 N–H and O–H groups in total. The summed E-state index contributed by atoms with van der Waals surface area (Å²) >= 11 is 1.15.